The average Bonchev–Trinajstić information content (AvgIpc) is 2.36. The maximum Gasteiger partial charge on any atom is 0.175 e. The number of hydrogen-bond donors (Lipinski definition) is 1. The third-order valence-electron chi connectivity index (χ3n) is 3.11. The number of hydrogen-bond acceptors (Lipinski definition) is 3. The third kappa shape index (κ3) is 4.09. The SMILES string of the molecule is CS(=O)(=O)c1ccc(C(N)Cc2cc(F)cc(F)c2)cc1. The van der Waals surface area contributed by atoms with Gasteiger partial charge in [-0.05, 0) is 41.8 Å². The average molecular weight is 311 g/mol. The van der Waals surface area contributed by atoms with Gasteiger partial charge in [0.1, 0.15) is 11.6 Å². The molecule has 0 aliphatic carbocycles. The van der Waals surface area contributed by atoms with Crippen molar-refractivity contribution in [3.05, 3.63) is 65.2 Å². The van der Waals surface area contributed by atoms with Crippen LogP contribution in [0.3, 0.4) is 0 Å². The predicted molar refractivity (Wildman–Crippen MR) is 76.5 cm³/mol. The molecule has 112 valence electrons. The van der Waals surface area contributed by atoms with Crippen LogP contribution < -0.4 is 5.73 Å². The van der Waals surface area contributed by atoms with E-state index in [1.165, 1.54) is 24.3 Å². The summed E-state index contributed by atoms with van der Waals surface area (Å²) >= 11 is 0. The normalized spacial score (nSPS) is 13.1. The Labute approximate surface area is 122 Å². The van der Waals surface area contributed by atoms with Gasteiger partial charge in [-0.15, -0.1) is 0 Å². The summed E-state index contributed by atoms with van der Waals surface area (Å²) in [5.41, 5.74) is 7.14. The summed E-state index contributed by atoms with van der Waals surface area (Å²) in [6, 6.07) is 8.94. The lowest BCUT2D eigenvalue weighted by Gasteiger charge is -2.13. The van der Waals surface area contributed by atoms with Gasteiger partial charge in [0.05, 0.1) is 4.90 Å². The Morgan fingerprint density at radius 1 is 1.05 bits per heavy atom. The Bertz CT molecular complexity index is 723. The van der Waals surface area contributed by atoms with Crippen molar-refractivity contribution in [2.75, 3.05) is 6.26 Å². The fourth-order valence-electron chi connectivity index (χ4n) is 2.06. The zero-order valence-corrected chi connectivity index (χ0v) is 12.2. The maximum atomic E-state index is 13.1. The van der Waals surface area contributed by atoms with E-state index in [0.29, 0.717) is 11.1 Å². The van der Waals surface area contributed by atoms with Gasteiger partial charge in [-0.3, -0.25) is 0 Å². The van der Waals surface area contributed by atoms with Crippen LogP contribution in [0.1, 0.15) is 17.2 Å². The summed E-state index contributed by atoms with van der Waals surface area (Å²) in [5.74, 6) is -1.30. The highest BCUT2D eigenvalue weighted by Crippen LogP contribution is 2.19. The van der Waals surface area contributed by atoms with Crippen LogP contribution in [0.5, 0.6) is 0 Å². The number of sulfone groups is 1. The molecule has 3 nitrogen and oxygen atoms in total. The second-order valence-electron chi connectivity index (χ2n) is 4.93. The van der Waals surface area contributed by atoms with E-state index in [9.17, 15) is 17.2 Å². The van der Waals surface area contributed by atoms with Crippen LogP contribution in [0.15, 0.2) is 47.4 Å². The van der Waals surface area contributed by atoms with Crippen LogP contribution >= 0.6 is 0 Å². The third-order valence-corrected chi connectivity index (χ3v) is 4.24. The first-order valence-corrected chi connectivity index (χ1v) is 8.15. The van der Waals surface area contributed by atoms with Gasteiger partial charge in [-0.1, -0.05) is 12.1 Å². The van der Waals surface area contributed by atoms with Crippen molar-refractivity contribution in [2.45, 2.75) is 17.4 Å². The van der Waals surface area contributed by atoms with Crippen molar-refractivity contribution in [2.24, 2.45) is 5.73 Å². The van der Waals surface area contributed by atoms with Gasteiger partial charge >= 0.3 is 0 Å². The quantitative estimate of drug-likeness (QED) is 0.944. The highest BCUT2D eigenvalue weighted by atomic mass is 32.2. The Morgan fingerprint density at radius 2 is 1.57 bits per heavy atom. The number of halogens is 2. The van der Waals surface area contributed by atoms with E-state index < -0.39 is 27.5 Å². The summed E-state index contributed by atoms with van der Waals surface area (Å²) in [5, 5.41) is 0. The molecular weight excluding hydrogens is 296 g/mol. The van der Waals surface area contributed by atoms with Crippen LogP contribution in [-0.4, -0.2) is 14.7 Å². The molecule has 2 rings (SSSR count). The molecule has 2 aromatic carbocycles. The molecular formula is C15H15F2NO2S. The van der Waals surface area contributed by atoms with Gasteiger partial charge in [0.2, 0.25) is 0 Å². The molecule has 0 saturated heterocycles. The van der Waals surface area contributed by atoms with E-state index >= 15 is 0 Å². The first-order chi connectivity index (χ1) is 9.75. The monoisotopic (exact) mass is 311 g/mol. The van der Waals surface area contributed by atoms with Crippen LogP contribution in [0.2, 0.25) is 0 Å². The summed E-state index contributed by atoms with van der Waals surface area (Å²) in [6.45, 7) is 0. The van der Waals surface area contributed by atoms with E-state index in [0.717, 1.165) is 12.3 Å². The molecule has 0 radical (unpaired) electrons. The van der Waals surface area contributed by atoms with E-state index in [2.05, 4.69) is 0 Å². The molecule has 2 N–H and O–H groups in total. The van der Waals surface area contributed by atoms with E-state index in [4.69, 9.17) is 5.73 Å². The molecule has 0 bridgehead atoms. The van der Waals surface area contributed by atoms with E-state index in [1.807, 2.05) is 0 Å². The molecule has 0 heterocycles. The molecule has 0 aromatic heterocycles. The summed E-state index contributed by atoms with van der Waals surface area (Å²) in [7, 11) is -3.26. The Hall–Kier alpha value is -1.79. The molecule has 1 atom stereocenters. The number of nitrogens with two attached hydrogens (primary N) is 1. The molecule has 0 fully saturated rings. The van der Waals surface area contributed by atoms with Gasteiger partial charge in [0, 0.05) is 18.4 Å². The van der Waals surface area contributed by atoms with Crippen molar-refractivity contribution in [1.29, 1.82) is 0 Å². The summed E-state index contributed by atoms with van der Waals surface area (Å²) < 4.78 is 49.0. The fourth-order valence-corrected chi connectivity index (χ4v) is 2.69. The molecule has 2 aromatic rings. The first-order valence-electron chi connectivity index (χ1n) is 6.26. The molecule has 0 saturated carbocycles. The van der Waals surface area contributed by atoms with Crippen molar-refractivity contribution >= 4 is 9.84 Å². The second kappa shape index (κ2) is 5.91. The Kier molecular flexibility index (Phi) is 4.39. The fraction of sp³-hybridized carbons (Fsp3) is 0.200. The lowest BCUT2D eigenvalue weighted by Crippen LogP contribution is -2.13. The lowest BCUT2D eigenvalue weighted by atomic mass is 9.99. The molecule has 21 heavy (non-hydrogen) atoms. The summed E-state index contributed by atoms with van der Waals surface area (Å²) in [4.78, 5) is 0.204. The Morgan fingerprint density at radius 3 is 2.05 bits per heavy atom. The molecule has 6 heteroatoms. The van der Waals surface area contributed by atoms with Gasteiger partial charge in [-0.25, -0.2) is 17.2 Å². The molecule has 0 amide bonds. The van der Waals surface area contributed by atoms with Crippen LogP contribution in [0.4, 0.5) is 8.78 Å². The van der Waals surface area contributed by atoms with Gasteiger partial charge < -0.3 is 5.73 Å². The highest BCUT2D eigenvalue weighted by molar-refractivity contribution is 7.90. The highest BCUT2D eigenvalue weighted by Gasteiger charge is 2.11. The second-order valence-corrected chi connectivity index (χ2v) is 6.95. The van der Waals surface area contributed by atoms with E-state index in [-0.39, 0.29) is 11.3 Å². The van der Waals surface area contributed by atoms with Crippen molar-refractivity contribution in [3.8, 4) is 0 Å². The standard InChI is InChI=1S/C15H15F2NO2S/c1-21(19,20)14-4-2-11(3-5-14)15(18)8-10-6-12(16)9-13(17)7-10/h2-7,9,15H,8,18H2,1H3. The minimum atomic E-state index is -3.26. The molecule has 1 unspecified atom stereocenters. The minimum absolute atomic E-state index is 0.204. The lowest BCUT2D eigenvalue weighted by molar-refractivity contribution is 0.576. The van der Waals surface area contributed by atoms with Crippen molar-refractivity contribution in [3.63, 3.8) is 0 Å². The zero-order valence-electron chi connectivity index (χ0n) is 11.4. The molecule has 0 spiro atoms. The van der Waals surface area contributed by atoms with Crippen LogP contribution in [0, 0.1) is 11.6 Å². The van der Waals surface area contributed by atoms with Gasteiger partial charge in [0.25, 0.3) is 0 Å². The maximum absolute atomic E-state index is 13.1. The van der Waals surface area contributed by atoms with Crippen molar-refractivity contribution in [1.82, 2.24) is 0 Å². The smallest absolute Gasteiger partial charge is 0.175 e. The number of benzene rings is 2. The minimum Gasteiger partial charge on any atom is -0.324 e. The number of rotatable bonds is 4. The summed E-state index contributed by atoms with van der Waals surface area (Å²) in [6.07, 6.45) is 1.38. The first kappa shape index (κ1) is 15.6. The van der Waals surface area contributed by atoms with Gasteiger partial charge in [0.15, 0.2) is 9.84 Å². The van der Waals surface area contributed by atoms with Crippen LogP contribution in [-0.2, 0) is 16.3 Å². The molecule has 0 aliphatic heterocycles. The Balaban J connectivity index is 2.18. The molecule has 0 aliphatic rings. The van der Waals surface area contributed by atoms with E-state index in [1.54, 1.807) is 12.1 Å². The van der Waals surface area contributed by atoms with Gasteiger partial charge in [-0.2, -0.15) is 0 Å². The topological polar surface area (TPSA) is 60.2 Å². The largest absolute Gasteiger partial charge is 0.324 e. The predicted octanol–water partition coefficient (Wildman–Crippen LogP) is 2.61. The zero-order chi connectivity index (χ0) is 15.6. The van der Waals surface area contributed by atoms with Crippen molar-refractivity contribution < 1.29 is 17.2 Å². The van der Waals surface area contributed by atoms with Crippen LogP contribution in [0.25, 0.3) is 0 Å².